The largest absolute Gasteiger partial charge is 0.337 e. The summed E-state index contributed by atoms with van der Waals surface area (Å²) in [6.45, 7) is 3.61. The molecule has 0 saturated carbocycles. The molecule has 1 aromatic carbocycles. The first-order valence-electron chi connectivity index (χ1n) is 7.75. The van der Waals surface area contributed by atoms with Gasteiger partial charge in [0.25, 0.3) is 5.91 Å². The predicted octanol–water partition coefficient (Wildman–Crippen LogP) is 1.92. The van der Waals surface area contributed by atoms with E-state index in [0.29, 0.717) is 24.5 Å². The Morgan fingerprint density at radius 1 is 1.27 bits per heavy atom. The van der Waals surface area contributed by atoms with Crippen LogP contribution < -0.4 is 0 Å². The van der Waals surface area contributed by atoms with Gasteiger partial charge < -0.3 is 4.90 Å². The maximum absolute atomic E-state index is 12.6. The lowest BCUT2D eigenvalue weighted by atomic mass is 9.94. The van der Waals surface area contributed by atoms with Crippen molar-refractivity contribution in [3.8, 4) is 0 Å². The average Bonchev–Trinajstić information content (AvgIpc) is 2.99. The zero-order valence-electron chi connectivity index (χ0n) is 13.1. The fourth-order valence-electron chi connectivity index (χ4n) is 3.25. The number of likely N-dealkylation sites (tertiary alicyclic amines) is 1. The zero-order valence-corrected chi connectivity index (χ0v) is 13.1. The highest BCUT2D eigenvalue weighted by atomic mass is 16.2. The van der Waals surface area contributed by atoms with Gasteiger partial charge in [0.2, 0.25) is 5.91 Å². The molecule has 0 aliphatic carbocycles. The lowest BCUT2D eigenvalue weighted by molar-refractivity contribution is -0.130. The normalized spacial score (nSPS) is 22.0. The van der Waals surface area contributed by atoms with Gasteiger partial charge in [-0.05, 0) is 24.5 Å². The molecule has 2 aliphatic heterocycles. The summed E-state index contributed by atoms with van der Waals surface area (Å²) in [5, 5.41) is 5.42. The van der Waals surface area contributed by atoms with Crippen molar-refractivity contribution in [1.82, 2.24) is 9.91 Å². The lowest BCUT2D eigenvalue weighted by Crippen LogP contribution is -2.39. The molecular weight excluding hydrogens is 278 g/mol. The number of nitrogens with zero attached hydrogens (tertiary/aromatic N) is 3. The minimum Gasteiger partial charge on any atom is -0.337 e. The lowest BCUT2D eigenvalue weighted by Gasteiger charge is -2.23. The van der Waals surface area contributed by atoms with Gasteiger partial charge in [-0.15, -0.1) is 0 Å². The Kier molecular flexibility index (Phi) is 3.96. The summed E-state index contributed by atoms with van der Waals surface area (Å²) in [7, 11) is 1.61. The molecule has 2 aliphatic rings. The first-order valence-corrected chi connectivity index (χ1v) is 7.75. The van der Waals surface area contributed by atoms with Crippen LogP contribution in [0.1, 0.15) is 36.3 Å². The van der Waals surface area contributed by atoms with E-state index in [1.54, 1.807) is 7.05 Å². The van der Waals surface area contributed by atoms with Crippen molar-refractivity contribution >= 4 is 17.5 Å². The van der Waals surface area contributed by atoms with Crippen molar-refractivity contribution in [2.75, 3.05) is 20.1 Å². The van der Waals surface area contributed by atoms with Crippen LogP contribution in [0.25, 0.3) is 0 Å². The summed E-state index contributed by atoms with van der Waals surface area (Å²) < 4.78 is 0. The number of hydrogen-bond donors (Lipinski definition) is 0. The second kappa shape index (κ2) is 5.91. The maximum Gasteiger partial charge on any atom is 0.270 e. The van der Waals surface area contributed by atoms with Gasteiger partial charge >= 0.3 is 0 Å². The number of amides is 2. The number of aryl methyl sites for hydroxylation is 1. The van der Waals surface area contributed by atoms with Crippen LogP contribution in [0.2, 0.25) is 0 Å². The molecule has 2 amide bonds. The van der Waals surface area contributed by atoms with E-state index in [-0.39, 0.29) is 11.8 Å². The number of carbonyl (C=O) groups excluding carboxylic acids is 2. The molecule has 1 fully saturated rings. The quantitative estimate of drug-likeness (QED) is 0.838. The van der Waals surface area contributed by atoms with E-state index in [1.807, 2.05) is 11.0 Å². The molecule has 5 nitrogen and oxygen atoms in total. The molecule has 0 radical (unpaired) electrons. The number of hydrazone groups is 1. The maximum atomic E-state index is 12.6. The van der Waals surface area contributed by atoms with Crippen molar-refractivity contribution in [3.63, 3.8) is 0 Å². The van der Waals surface area contributed by atoms with Gasteiger partial charge in [0.05, 0.1) is 0 Å². The van der Waals surface area contributed by atoms with E-state index < -0.39 is 0 Å². The average molecular weight is 299 g/mol. The van der Waals surface area contributed by atoms with Crippen LogP contribution in [0.3, 0.4) is 0 Å². The molecule has 0 aromatic heterocycles. The fraction of sp³-hybridized carbons (Fsp3) is 0.471. The third-order valence-corrected chi connectivity index (χ3v) is 4.56. The Balaban J connectivity index is 1.70. The smallest absolute Gasteiger partial charge is 0.270 e. The van der Waals surface area contributed by atoms with Crippen molar-refractivity contribution in [2.45, 2.75) is 32.1 Å². The molecule has 2 heterocycles. The minimum atomic E-state index is -0.0317. The van der Waals surface area contributed by atoms with Crippen LogP contribution in [0.4, 0.5) is 0 Å². The third kappa shape index (κ3) is 2.75. The highest BCUT2D eigenvalue weighted by Crippen LogP contribution is 2.29. The third-order valence-electron chi connectivity index (χ3n) is 4.56. The van der Waals surface area contributed by atoms with E-state index in [1.165, 1.54) is 16.1 Å². The minimum absolute atomic E-state index is 0.0181. The van der Waals surface area contributed by atoms with Crippen LogP contribution in [-0.4, -0.2) is 47.6 Å². The molecular formula is C17H21N3O2. The summed E-state index contributed by atoms with van der Waals surface area (Å²) >= 11 is 0. The summed E-state index contributed by atoms with van der Waals surface area (Å²) in [6.07, 6.45) is 1.81. The molecule has 0 spiro atoms. The highest BCUT2D eigenvalue weighted by molar-refractivity contribution is 6.39. The molecule has 1 atom stereocenters. The second-order valence-corrected chi connectivity index (χ2v) is 6.06. The molecule has 3 rings (SSSR count). The highest BCUT2D eigenvalue weighted by Gasteiger charge is 2.32. The number of rotatable bonds is 2. The molecule has 1 saturated heterocycles. The Labute approximate surface area is 130 Å². The van der Waals surface area contributed by atoms with Crippen LogP contribution in [0.15, 0.2) is 29.4 Å². The first-order chi connectivity index (χ1) is 10.6. The van der Waals surface area contributed by atoms with Gasteiger partial charge in [-0.1, -0.05) is 24.3 Å². The summed E-state index contributed by atoms with van der Waals surface area (Å²) in [5.74, 6) is 0.347. The van der Waals surface area contributed by atoms with Gasteiger partial charge in [-0.2, -0.15) is 5.10 Å². The number of carbonyl (C=O) groups is 2. The molecule has 5 heteroatoms. The Hall–Kier alpha value is -2.17. The zero-order chi connectivity index (χ0) is 15.7. The van der Waals surface area contributed by atoms with Crippen LogP contribution in [0.5, 0.6) is 0 Å². The SMILES string of the molecule is Cc1ccccc1C1CCN(C(=O)C2=NN(C)C(=O)CC2)C1. The summed E-state index contributed by atoms with van der Waals surface area (Å²) in [5.41, 5.74) is 3.12. The van der Waals surface area contributed by atoms with Crippen molar-refractivity contribution in [3.05, 3.63) is 35.4 Å². The van der Waals surface area contributed by atoms with Gasteiger partial charge in [-0.3, -0.25) is 9.59 Å². The van der Waals surface area contributed by atoms with Gasteiger partial charge in [0.15, 0.2) is 0 Å². The Morgan fingerprint density at radius 3 is 2.77 bits per heavy atom. The molecule has 0 bridgehead atoms. The molecule has 0 N–H and O–H groups in total. The van der Waals surface area contributed by atoms with Gasteiger partial charge in [-0.25, -0.2) is 5.01 Å². The van der Waals surface area contributed by atoms with Crippen LogP contribution in [-0.2, 0) is 9.59 Å². The summed E-state index contributed by atoms with van der Waals surface area (Å²) in [4.78, 5) is 25.9. The molecule has 22 heavy (non-hydrogen) atoms. The number of benzene rings is 1. The van der Waals surface area contributed by atoms with E-state index in [4.69, 9.17) is 0 Å². The van der Waals surface area contributed by atoms with Gasteiger partial charge in [0.1, 0.15) is 5.71 Å². The van der Waals surface area contributed by atoms with Crippen molar-refractivity contribution in [2.24, 2.45) is 5.10 Å². The Bertz CT molecular complexity index is 639. The molecule has 1 unspecified atom stereocenters. The van der Waals surface area contributed by atoms with Crippen molar-refractivity contribution in [1.29, 1.82) is 0 Å². The predicted molar refractivity (Wildman–Crippen MR) is 84.6 cm³/mol. The second-order valence-electron chi connectivity index (χ2n) is 6.06. The van der Waals surface area contributed by atoms with E-state index >= 15 is 0 Å². The van der Waals surface area contributed by atoms with Crippen LogP contribution in [0, 0.1) is 6.92 Å². The summed E-state index contributed by atoms with van der Waals surface area (Å²) in [6, 6.07) is 8.36. The fourth-order valence-corrected chi connectivity index (χ4v) is 3.25. The monoisotopic (exact) mass is 299 g/mol. The van der Waals surface area contributed by atoms with E-state index in [0.717, 1.165) is 19.5 Å². The van der Waals surface area contributed by atoms with E-state index in [9.17, 15) is 9.59 Å². The van der Waals surface area contributed by atoms with Crippen molar-refractivity contribution < 1.29 is 9.59 Å². The topological polar surface area (TPSA) is 53.0 Å². The molecule has 1 aromatic rings. The Morgan fingerprint density at radius 2 is 2.05 bits per heavy atom. The van der Waals surface area contributed by atoms with Crippen LogP contribution >= 0.6 is 0 Å². The first kappa shape index (κ1) is 14.8. The van der Waals surface area contributed by atoms with Gasteiger partial charge in [0, 0.05) is 38.9 Å². The van der Waals surface area contributed by atoms with E-state index in [2.05, 4.69) is 30.2 Å². The number of hydrogen-bond acceptors (Lipinski definition) is 3. The standard InChI is InChI=1S/C17H21N3O2/c1-12-5-3-4-6-14(12)13-9-10-20(11-13)17(22)15-7-8-16(21)19(2)18-15/h3-6,13H,7-11H2,1-2H3. The molecule has 116 valence electrons.